The van der Waals surface area contributed by atoms with Crippen molar-refractivity contribution < 1.29 is 9.32 Å². The van der Waals surface area contributed by atoms with Crippen LogP contribution in [0.15, 0.2) is 59.5 Å². The van der Waals surface area contributed by atoms with Crippen LogP contribution in [0.2, 0.25) is 0 Å². The Bertz CT molecular complexity index is 1100. The second kappa shape index (κ2) is 6.31. The number of hydrogen-bond donors (Lipinski definition) is 0. The van der Waals surface area contributed by atoms with Crippen LogP contribution in [0.1, 0.15) is 35.1 Å². The predicted molar refractivity (Wildman–Crippen MR) is 95.7 cm³/mol. The number of fused-ring (bicyclic) bond motifs is 1. The summed E-state index contributed by atoms with van der Waals surface area (Å²) in [5, 5.41) is 8.30. The third kappa shape index (κ3) is 2.66. The molecule has 1 aliphatic rings. The molecule has 8 heteroatoms. The van der Waals surface area contributed by atoms with Crippen molar-refractivity contribution >= 4 is 11.4 Å². The van der Waals surface area contributed by atoms with Crippen LogP contribution in [0.25, 0.3) is 17.0 Å². The number of nitrogens with zero attached hydrogens (tertiary/aromatic N) is 6. The van der Waals surface area contributed by atoms with Crippen LogP contribution in [-0.4, -0.2) is 42.1 Å². The lowest BCUT2D eigenvalue weighted by molar-refractivity contribution is 0.0712. The maximum Gasteiger partial charge on any atom is 0.258 e. The maximum absolute atomic E-state index is 13.2. The number of aromatic nitrogens is 5. The van der Waals surface area contributed by atoms with Crippen molar-refractivity contribution in [3.8, 4) is 11.5 Å². The van der Waals surface area contributed by atoms with Gasteiger partial charge in [-0.05, 0) is 37.1 Å². The van der Waals surface area contributed by atoms with E-state index in [9.17, 15) is 4.79 Å². The summed E-state index contributed by atoms with van der Waals surface area (Å²) in [6.45, 7) is 0.648. The van der Waals surface area contributed by atoms with Gasteiger partial charge in [0.1, 0.15) is 11.7 Å². The minimum absolute atomic E-state index is 0.0729. The molecule has 8 nitrogen and oxygen atoms in total. The minimum atomic E-state index is -0.235. The highest BCUT2D eigenvalue weighted by Gasteiger charge is 2.35. The summed E-state index contributed by atoms with van der Waals surface area (Å²) in [6, 6.07) is 11.0. The van der Waals surface area contributed by atoms with Gasteiger partial charge in [0.2, 0.25) is 11.7 Å². The molecule has 1 atom stereocenters. The molecule has 0 bridgehead atoms. The molecular formula is C19H16N6O2. The summed E-state index contributed by atoms with van der Waals surface area (Å²) >= 11 is 0. The minimum Gasteiger partial charge on any atom is -0.337 e. The van der Waals surface area contributed by atoms with E-state index in [0.29, 0.717) is 29.5 Å². The molecule has 1 aliphatic heterocycles. The molecule has 1 amide bonds. The highest BCUT2D eigenvalue weighted by Crippen LogP contribution is 2.33. The van der Waals surface area contributed by atoms with E-state index in [1.165, 1.54) is 0 Å². The highest BCUT2D eigenvalue weighted by molar-refractivity contribution is 6.00. The standard InChI is InChI=1S/C19H16N6O2/c26-19(13-12-21-25-11-4-2-7-15(13)25)24-10-5-8-16(24)18-22-17(23-27-18)14-6-1-3-9-20-14/h1-4,6-7,9,11-12,16H,5,8,10H2. The van der Waals surface area contributed by atoms with E-state index in [1.54, 1.807) is 21.8 Å². The summed E-state index contributed by atoms with van der Waals surface area (Å²) in [5.41, 5.74) is 2.01. The number of rotatable bonds is 3. The summed E-state index contributed by atoms with van der Waals surface area (Å²) in [5.74, 6) is 0.801. The van der Waals surface area contributed by atoms with E-state index >= 15 is 0 Å². The first kappa shape index (κ1) is 15.7. The molecule has 0 aliphatic carbocycles. The Morgan fingerprint density at radius 1 is 1.19 bits per heavy atom. The number of pyridine rings is 2. The Kier molecular flexibility index (Phi) is 3.67. The van der Waals surface area contributed by atoms with Crippen molar-refractivity contribution in [2.24, 2.45) is 0 Å². The molecule has 5 heterocycles. The molecule has 1 fully saturated rings. The number of amides is 1. The average molecular weight is 360 g/mol. The highest BCUT2D eigenvalue weighted by atomic mass is 16.5. The normalized spacial score (nSPS) is 16.9. The molecule has 0 saturated carbocycles. The van der Waals surface area contributed by atoms with Crippen LogP contribution in [0.4, 0.5) is 0 Å². The van der Waals surface area contributed by atoms with Crippen LogP contribution < -0.4 is 0 Å². The molecule has 1 saturated heterocycles. The van der Waals surface area contributed by atoms with Gasteiger partial charge >= 0.3 is 0 Å². The topological polar surface area (TPSA) is 89.4 Å². The van der Waals surface area contributed by atoms with Crippen molar-refractivity contribution in [1.82, 2.24) is 29.6 Å². The fourth-order valence-corrected chi connectivity index (χ4v) is 3.49. The van der Waals surface area contributed by atoms with Gasteiger partial charge in [0, 0.05) is 18.9 Å². The first-order valence-corrected chi connectivity index (χ1v) is 8.79. The van der Waals surface area contributed by atoms with Gasteiger partial charge in [-0.15, -0.1) is 0 Å². The van der Waals surface area contributed by atoms with Crippen molar-refractivity contribution in [1.29, 1.82) is 0 Å². The van der Waals surface area contributed by atoms with Gasteiger partial charge in [-0.3, -0.25) is 9.78 Å². The summed E-state index contributed by atoms with van der Waals surface area (Å²) < 4.78 is 7.17. The molecule has 0 spiro atoms. The van der Waals surface area contributed by atoms with Crippen LogP contribution >= 0.6 is 0 Å². The molecule has 4 aromatic rings. The second-order valence-electron chi connectivity index (χ2n) is 6.42. The molecule has 5 rings (SSSR count). The van der Waals surface area contributed by atoms with E-state index in [1.807, 2.05) is 42.6 Å². The zero-order chi connectivity index (χ0) is 18.2. The largest absolute Gasteiger partial charge is 0.337 e. The van der Waals surface area contributed by atoms with E-state index in [4.69, 9.17) is 4.52 Å². The summed E-state index contributed by atoms with van der Waals surface area (Å²) in [7, 11) is 0. The van der Waals surface area contributed by atoms with Gasteiger partial charge < -0.3 is 9.42 Å². The third-order valence-electron chi connectivity index (χ3n) is 4.79. The first-order valence-electron chi connectivity index (χ1n) is 8.79. The van der Waals surface area contributed by atoms with Gasteiger partial charge in [0.15, 0.2) is 0 Å². The number of carbonyl (C=O) groups excluding carboxylic acids is 1. The molecule has 134 valence electrons. The number of hydrogen-bond acceptors (Lipinski definition) is 6. The van der Waals surface area contributed by atoms with Crippen LogP contribution in [0.3, 0.4) is 0 Å². The second-order valence-corrected chi connectivity index (χ2v) is 6.42. The van der Waals surface area contributed by atoms with Gasteiger partial charge in [-0.1, -0.05) is 17.3 Å². The fraction of sp³-hybridized carbons (Fsp3) is 0.211. The Morgan fingerprint density at radius 2 is 2.11 bits per heavy atom. The van der Waals surface area contributed by atoms with E-state index in [-0.39, 0.29) is 11.9 Å². The Labute approximate surface area is 154 Å². The van der Waals surface area contributed by atoms with Gasteiger partial charge in [0.05, 0.1) is 17.3 Å². The molecule has 0 radical (unpaired) electrons. The zero-order valence-corrected chi connectivity index (χ0v) is 14.4. The van der Waals surface area contributed by atoms with Crippen molar-refractivity contribution in [2.75, 3.05) is 6.54 Å². The predicted octanol–water partition coefficient (Wildman–Crippen LogP) is 2.76. The lowest BCUT2D eigenvalue weighted by Crippen LogP contribution is -2.30. The quantitative estimate of drug-likeness (QED) is 0.558. The van der Waals surface area contributed by atoms with Gasteiger partial charge in [-0.2, -0.15) is 10.1 Å². The Morgan fingerprint density at radius 3 is 3.00 bits per heavy atom. The zero-order valence-electron chi connectivity index (χ0n) is 14.4. The molecule has 0 aromatic carbocycles. The average Bonchev–Trinajstić information content (AvgIpc) is 3.46. The van der Waals surface area contributed by atoms with Crippen molar-refractivity contribution in [3.05, 3.63) is 66.4 Å². The molecule has 4 aromatic heterocycles. The van der Waals surface area contributed by atoms with Crippen molar-refractivity contribution in [3.63, 3.8) is 0 Å². The van der Waals surface area contributed by atoms with Crippen LogP contribution in [0.5, 0.6) is 0 Å². The third-order valence-corrected chi connectivity index (χ3v) is 4.79. The molecular weight excluding hydrogens is 344 g/mol. The molecule has 27 heavy (non-hydrogen) atoms. The monoisotopic (exact) mass is 360 g/mol. The maximum atomic E-state index is 13.2. The molecule has 1 unspecified atom stereocenters. The van der Waals surface area contributed by atoms with Crippen molar-refractivity contribution in [2.45, 2.75) is 18.9 Å². The first-order chi connectivity index (χ1) is 13.3. The Hall–Kier alpha value is -3.55. The smallest absolute Gasteiger partial charge is 0.258 e. The Balaban J connectivity index is 1.45. The fourth-order valence-electron chi connectivity index (χ4n) is 3.49. The van der Waals surface area contributed by atoms with E-state index in [2.05, 4.69) is 20.2 Å². The van der Waals surface area contributed by atoms with Crippen LogP contribution in [0, 0.1) is 0 Å². The molecule has 0 N–H and O–H groups in total. The lowest BCUT2D eigenvalue weighted by Gasteiger charge is -2.21. The van der Waals surface area contributed by atoms with Gasteiger partial charge in [-0.25, -0.2) is 4.52 Å². The van der Waals surface area contributed by atoms with E-state index in [0.717, 1.165) is 18.4 Å². The number of carbonyl (C=O) groups is 1. The van der Waals surface area contributed by atoms with Gasteiger partial charge in [0.25, 0.3) is 5.91 Å². The number of likely N-dealkylation sites (tertiary alicyclic amines) is 1. The SMILES string of the molecule is O=C(c1cnn2ccccc12)N1CCCC1c1nc(-c2ccccn2)no1. The summed E-state index contributed by atoms with van der Waals surface area (Å²) in [4.78, 5) is 23.7. The van der Waals surface area contributed by atoms with Crippen LogP contribution in [-0.2, 0) is 0 Å². The summed E-state index contributed by atoms with van der Waals surface area (Å²) in [6.07, 6.45) is 6.79. The van der Waals surface area contributed by atoms with E-state index < -0.39 is 0 Å². The lowest BCUT2D eigenvalue weighted by atomic mass is 10.2.